The highest BCUT2D eigenvalue weighted by Crippen LogP contribution is 2.36. The van der Waals surface area contributed by atoms with Crippen molar-refractivity contribution < 1.29 is 19.4 Å². The SMILES string of the molecule is COc1ccc(CCN=C2CC(C)(C)CC(=O)/C2=C(/O)Cc2ccccc2)cc1OC. The van der Waals surface area contributed by atoms with Crippen LogP contribution in [0.3, 0.4) is 0 Å². The number of aliphatic imine (C=N–C) groups is 1. The van der Waals surface area contributed by atoms with Crippen LogP contribution in [0.2, 0.25) is 0 Å². The second kappa shape index (κ2) is 9.82. The van der Waals surface area contributed by atoms with Crippen LogP contribution in [-0.2, 0) is 17.6 Å². The number of carbonyl (C=O) groups is 1. The number of benzene rings is 2. The number of Topliss-reactive ketones (excluding diaryl/α,β-unsaturated/α-hetero) is 1. The van der Waals surface area contributed by atoms with Crippen LogP contribution in [0.15, 0.2) is 64.9 Å². The number of allylic oxidation sites excluding steroid dienone is 2. The van der Waals surface area contributed by atoms with E-state index in [9.17, 15) is 9.90 Å². The van der Waals surface area contributed by atoms with E-state index < -0.39 is 0 Å². The average Bonchev–Trinajstić information content (AvgIpc) is 2.73. The molecule has 0 spiro atoms. The summed E-state index contributed by atoms with van der Waals surface area (Å²) in [5, 5.41) is 10.8. The van der Waals surface area contributed by atoms with Gasteiger partial charge in [-0.25, -0.2) is 0 Å². The molecular weight excluding hydrogens is 390 g/mol. The molecular formula is C26H31NO4. The molecule has 0 unspecified atom stereocenters. The second-order valence-electron chi connectivity index (χ2n) is 8.69. The van der Waals surface area contributed by atoms with Gasteiger partial charge >= 0.3 is 0 Å². The lowest BCUT2D eigenvalue weighted by Crippen LogP contribution is -2.33. The number of methoxy groups -OCH3 is 2. The Bertz CT molecular complexity index is 990. The van der Waals surface area contributed by atoms with Crippen LogP contribution < -0.4 is 9.47 Å². The zero-order chi connectivity index (χ0) is 22.4. The molecule has 1 saturated carbocycles. The first-order valence-corrected chi connectivity index (χ1v) is 10.6. The van der Waals surface area contributed by atoms with E-state index in [4.69, 9.17) is 14.5 Å². The third-order valence-corrected chi connectivity index (χ3v) is 5.51. The van der Waals surface area contributed by atoms with Gasteiger partial charge in [0.15, 0.2) is 17.3 Å². The van der Waals surface area contributed by atoms with Crippen LogP contribution in [0.4, 0.5) is 0 Å². The lowest BCUT2D eigenvalue weighted by atomic mass is 9.73. The van der Waals surface area contributed by atoms with E-state index >= 15 is 0 Å². The van der Waals surface area contributed by atoms with E-state index in [0.29, 0.717) is 55.0 Å². The molecule has 0 aromatic heterocycles. The Morgan fingerprint density at radius 3 is 2.39 bits per heavy atom. The van der Waals surface area contributed by atoms with Crippen molar-refractivity contribution in [1.29, 1.82) is 0 Å². The zero-order valence-electron chi connectivity index (χ0n) is 18.8. The summed E-state index contributed by atoms with van der Waals surface area (Å²) in [5.74, 6) is 1.45. The monoisotopic (exact) mass is 421 g/mol. The second-order valence-corrected chi connectivity index (χ2v) is 8.69. The number of rotatable bonds is 7. The van der Waals surface area contributed by atoms with Crippen LogP contribution in [-0.4, -0.2) is 37.4 Å². The Morgan fingerprint density at radius 1 is 1.00 bits per heavy atom. The van der Waals surface area contributed by atoms with Crippen molar-refractivity contribution >= 4 is 11.5 Å². The minimum atomic E-state index is -0.171. The summed E-state index contributed by atoms with van der Waals surface area (Å²) in [6, 6.07) is 15.5. The number of hydrogen-bond acceptors (Lipinski definition) is 5. The van der Waals surface area contributed by atoms with Gasteiger partial charge in [0.05, 0.1) is 19.8 Å². The molecule has 0 saturated heterocycles. The normalized spacial score (nSPS) is 18.7. The van der Waals surface area contributed by atoms with Gasteiger partial charge in [0.2, 0.25) is 0 Å². The van der Waals surface area contributed by atoms with Crippen molar-refractivity contribution in [2.45, 2.75) is 39.5 Å². The van der Waals surface area contributed by atoms with Crippen molar-refractivity contribution in [3.05, 3.63) is 71.0 Å². The Labute approximate surface area is 184 Å². The summed E-state index contributed by atoms with van der Waals surface area (Å²) in [6.07, 6.45) is 2.11. The summed E-state index contributed by atoms with van der Waals surface area (Å²) in [5.41, 5.74) is 2.97. The largest absolute Gasteiger partial charge is 0.511 e. The molecule has 1 aliphatic rings. The lowest BCUT2D eigenvalue weighted by molar-refractivity contribution is -0.117. The summed E-state index contributed by atoms with van der Waals surface area (Å²) < 4.78 is 10.7. The summed E-state index contributed by atoms with van der Waals surface area (Å²) in [4.78, 5) is 17.7. The molecule has 164 valence electrons. The fourth-order valence-electron chi connectivity index (χ4n) is 3.98. The summed E-state index contributed by atoms with van der Waals surface area (Å²) >= 11 is 0. The van der Waals surface area contributed by atoms with Gasteiger partial charge in [-0.1, -0.05) is 50.2 Å². The van der Waals surface area contributed by atoms with E-state index in [-0.39, 0.29) is 17.0 Å². The maximum absolute atomic E-state index is 12.9. The first-order valence-electron chi connectivity index (χ1n) is 10.6. The first kappa shape index (κ1) is 22.6. The Balaban J connectivity index is 1.83. The van der Waals surface area contributed by atoms with Gasteiger partial charge in [-0.05, 0) is 41.5 Å². The maximum Gasteiger partial charge on any atom is 0.168 e. The molecule has 0 heterocycles. The van der Waals surface area contributed by atoms with Crippen LogP contribution in [0.1, 0.15) is 37.8 Å². The highest BCUT2D eigenvalue weighted by molar-refractivity contribution is 6.24. The topological polar surface area (TPSA) is 68.1 Å². The molecule has 31 heavy (non-hydrogen) atoms. The smallest absolute Gasteiger partial charge is 0.168 e. The Hall–Kier alpha value is -3.08. The quantitative estimate of drug-likeness (QED) is 0.497. The van der Waals surface area contributed by atoms with Gasteiger partial charge in [-0.15, -0.1) is 0 Å². The van der Waals surface area contributed by atoms with Crippen molar-refractivity contribution in [2.24, 2.45) is 10.4 Å². The number of carbonyl (C=O) groups excluding carboxylic acids is 1. The number of ketones is 1. The predicted molar refractivity (Wildman–Crippen MR) is 123 cm³/mol. The Kier molecular flexibility index (Phi) is 7.16. The van der Waals surface area contributed by atoms with Crippen molar-refractivity contribution in [2.75, 3.05) is 20.8 Å². The molecule has 0 radical (unpaired) electrons. The third kappa shape index (κ3) is 5.75. The van der Waals surface area contributed by atoms with E-state index in [1.165, 1.54) is 0 Å². The molecule has 5 heteroatoms. The van der Waals surface area contributed by atoms with Crippen molar-refractivity contribution in [3.63, 3.8) is 0 Å². The molecule has 0 amide bonds. The zero-order valence-corrected chi connectivity index (χ0v) is 18.8. The third-order valence-electron chi connectivity index (χ3n) is 5.51. The average molecular weight is 422 g/mol. The molecule has 0 atom stereocenters. The fourth-order valence-corrected chi connectivity index (χ4v) is 3.98. The molecule has 0 bridgehead atoms. The molecule has 3 rings (SSSR count). The number of aliphatic hydroxyl groups excluding tert-OH is 1. The minimum Gasteiger partial charge on any atom is -0.511 e. The first-order chi connectivity index (χ1) is 14.8. The van der Waals surface area contributed by atoms with E-state index in [1.807, 2.05) is 48.5 Å². The summed E-state index contributed by atoms with van der Waals surface area (Å²) in [7, 11) is 3.23. The number of hydrogen-bond donors (Lipinski definition) is 1. The molecule has 2 aromatic rings. The molecule has 1 N–H and O–H groups in total. The number of ether oxygens (including phenoxy) is 2. The van der Waals surface area contributed by atoms with E-state index in [1.54, 1.807) is 14.2 Å². The van der Waals surface area contributed by atoms with Gasteiger partial charge in [0.1, 0.15) is 5.76 Å². The predicted octanol–water partition coefficient (Wildman–Crippen LogP) is 5.13. The highest BCUT2D eigenvalue weighted by Gasteiger charge is 2.36. The molecule has 1 aliphatic carbocycles. The van der Waals surface area contributed by atoms with Gasteiger partial charge < -0.3 is 14.6 Å². The van der Waals surface area contributed by atoms with Crippen LogP contribution in [0.25, 0.3) is 0 Å². The van der Waals surface area contributed by atoms with Crippen LogP contribution >= 0.6 is 0 Å². The maximum atomic E-state index is 12.9. The molecule has 5 nitrogen and oxygen atoms in total. The standard InChI is InChI=1S/C26H31NO4/c1-26(2)16-20(27-13-12-19-10-11-23(30-3)24(15-19)31-4)25(22(29)17-26)21(28)14-18-8-6-5-7-9-18/h5-11,15,28H,12-14,16-17H2,1-4H3/b25-21+,27-20?. The summed E-state index contributed by atoms with van der Waals surface area (Å²) in [6.45, 7) is 4.66. The minimum absolute atomic E-state index is 0.0328. The van der Waals surface area contributed by atoms with Gasteiger partial charge in [0, 0.05) is 25.1 Å². The lowest BCUT2D eigenvalue weighted by Gasteiger charge is -2.31. The van der Waals surface area contributed by atoms with E-state index in [0.717, 1.165) is 11.1 Å². The molecule has 1 fully saturated rings. The van der Waals surface area contributed by atoms with Gasteiger partial charge in [-0.2, -0.15) is 0 Å². The van der Waals surface area contributed by atoms with Crippen LogP contribution in [0.5, 0.6) is 11.5 Å². The molecule has 0 aliphatic heterocycles. The van der Waals surface area contributed by atoms with Gasteiger partial charge in [-0.3, -0.25) is 9.79 Å². The van der Waals surface area contributed by atoms with Crippen molar-refractivity contribution in [1.82, 2.24) is 0 Å². The number of aliphatic hydroxyl groups is 1. The fraction of sp³-hybridized carbons (Fsp3) is 0.385. The van der Waals surface area contributed by atoms with E-state index in [2.05, 4.69) is 13.8 Å². The van der Waals surface area contributed by atoms with Crippen LogP contribution in [0, 0.1) is 5.41 Å². The van der Waals surface area contributed by atoms with Gasteiger partial charge in [0.25, 0.3) is 0 Å². The number of nitrogens with zero attached hydrogens (tertiary/aromatic N) is 1. The highest BCUT2D eigenvalue weighted by atomic mass is 16.5. The Morgan fingerprint density at radius 2 is 1.71 bits per heavy atom. The van der Waals surface area contributed by atoms with Crippen molar-refractivity contribution in [3.8, 4) is 11.5 Å². The molecule has 2 aromatic carbocycles.